The summed E-state index contributed by atoms with van der Waals surface area (Å²) < 4.78 is 30.6. The van der Waals surface area contributed by atoms with Crippen molar-refractivity contribution in [2.75, 3.05) is 44.7 Å². The quantitative estimate of drug-likeness (QED) is 0.209. The van der Waals surface area contributed by atoms with Crippen molar-refractivity contribution in [3.63, 3.8) is 0 Å². The lowest BCUT2D eigenvalue weighted by atomic mass is 10.1. The fourth-order valence-corrected chi connectivity index (χ4v) is 8.15. The highest BCUT2D eigenvalue weighted by Gasteiger charge is 2.41. The van der Waals surface area contributed by atoms with Gasteiger partial charge in [-0.25, -0.2) is 18.0 Å². The normalized spacial score (nSPS) is 16.8. The van der Waals surface area contributed by atoms with Gasteiger partial charge in [0.15, 0.2) is 13.1 Å². The van der Waals surface area contributed by atoms with E-state index in [2.05, 4.69) is 61.6 Å². The van der Waals surface area contributed by atoms with Gasteiger partial charge in [-0.15, -0.1) is 11.3 Å². The number of benzene rings is 2. The molecule has 0 aromatic heterocycles. The zero-order chi connectivity index (χ0) is 25.4. The van der Waals surface area contributed by atoms with Crippen LogP contribution in [0.25, 0.3) is 20.8 Å². The van der Waals surface area contributed by atoms with E-state index in [9.17, 15) is 8.42 Å². The maximum absolute atomic E-state index is 12.7. The third-order valence-electron chi connectivity index (χ3n) is 7.68. The summed E-state index contributed by atoms with van der Waals surface area (Å²) in [6.07, 6.45) is 5.91. The first-order valence-corrected chi connectivity index (χ1v) is 15.9. The number of hydrogen-bond acceptors (Lipinski definition) is 5. The smallest absolute Gasteiger partial charge is 0.217 e. The van der Waals surface area contributed by atoms with Crippen molar-refractivity contribution in [2.45, 2.75) is 64.5 Å². The summed E-state index contributed by atoms with van der Waals surface area (Å²) in [5.74, 6) is 0. The van der Waals surface area contributed by atoms with Gasteiger partial charge in [-0.3, -0.25) is 0 Å². The van der Waals surface area contributed by atoms with E-state index in [1.807, 2.05) is 11.3 Å². The Bertz CT molecular complexity index is 1410. The lowest BCUT2D eigenvalue weighted by molar-refractivity contribution is -0.00000989. The number of nitrogens with zero attached hydrogens (tertiary/aromatic N) is 4. The molecular weight excluding hydrogens is 615 g/mol. The van der Waals surface area contributed by atoms with Crippen LogP contribution in [-0.4, -0.2) is 62.7 Å². The number of sulfonamides is 1. The third kappa shape index (κ3) is 5.84. The fraction of sp³-hybridized carbons (Fsp3) is 0.571. The van der Waals surface area contributed by atoms with Crippen LogP contribution in [0.2, 0.25) is 0 Å². The van der Waals surface area contributed by atoms with Crippen LogP contribution in [0.15, 0.2) is 24.3 Å². The average Bonchev–Trinajstić information content (AvgIpc) is 3.75. The summed E-state index contributed by atoms with van der Waals surface area (Å²) in [5, 5.41) is 1.06. The Morgan fingerprint density at radius 1 is 1.05 bits per heavy atom. The van der Waals surface area contributed by atoms with Gasteiger partial charge < -0.3 is 28.9 Å². The number of rotatable bonds is 8. The van der Waals surface area contributed by atoms with Crippen LogP contribution in [0.5, 0.6) is 0 Å². The highest BCUT2D eigenvalue weighted by molar-refractivity contribution is 7.90. The van der Waals surface area contributed by atoms with E-state index in [0.29, 0.717) is 13.1 Å². The Labute approximate surface area is 242 Å². The summed E-state index contributed by atoms with van der Waals surface area (Å²) in [7, 11) is -0.909. The highest BCUT2D eigenvalue weighted by atomic mass is 127. The Balaban J connectivity index is 0.00000320. The summed E-state index contributed by atoms with van der Waals surface area (Å²) >= 11 is 1.84. The Kier molecular flexibility index (Phi) is 9.18. The Hall–Kier alpha value is -1.30. The van der Waals surface area contributed by atoms with Gasteiger partial charge in [-0.2, -0.15) is 4.31 Å². The standard InChI is InChI=1S/C28H39N4O2S2.HI/c1-5-8-11-30(4)22-16-20(6-2)27-25(18-22)35-26-19-23(17-21(7-3)28(26)29-27)31-12-14-32(15-13-31)36(33,34)24-9-10-24;/h16-19,24H,5-15H2,1-4H3;1H/q+1;/p-1. The van der Waals surface area contributed by atoms with Crippen LogP contribution >= 0.6 is 11.3 Å². The molecule has 0 radical (unpaired) electrons. The molecule has 0 bridgehead atoms. The summed E-state index contributed by atoms with van der Waals surface area (Å²) in [5.41, 5.74) is 6.08. The molecular formula is C28H39IN4O2S2. The third-order valence-corrected chi connectivity index (χ3v) is 11.1. The van der Waals surface area contributed by atoms with E-state index in [0.717, 1.165) is 56.5 Å². The van der Waals surface area contributed by atoms with E-state index in [1.165, 1.54) is 44.6 Å². The van der Waals surface area contributed by atoms with E-state index in [4.69, 9.17) is 4.98 Å². The molecule has 2 aliphatic heterocycles. The SMILES string of the molecule is CCCCN(C)c1cc(CC)c2nc3c(CC)cc(=[N+]4CCN(S(=O)(=O)C5CC5)CC4)cc-3sc2c1.[I-]. The van der Waals surface area contributed by atoms with Crippen LogP contribution in [0.1, 0.15) is 57.6 Å². The minimum atomic E-state index is -3.10. The van der Waals surface area contributed by atoms with E-state index in [1.54, 1.807) is 4.31 Å². The number of aryl methyl sites for hydroxylation is 2. The molecule has 1 aromatic rings. The Morgan fingerprint density at radius 2 is 1.76 bits per heavy atom. The molecule has 9 heteroatoms. The largest absolute Gasteiger partial charge is 1.00 e. The van der Waals surface area contributed by atoms with Crippen LogP contribution < -0.4 is 38.8 Å². The molecule has 0 amide bonds. The number of piperazine rings is 1. The second-order valence-electron chi connectivity index (χ2n) is 10.2. The number of halogens is 1. The highest BCUT2D eigenvalue weighted by Crippen LogP contribution is 2.36. The van der Waals surface area contributed by atoms with Crippen LogP contribution in [0.4, 0.5) is 5.69 Å². The molecule has 1 saturated heterocycles. The maximum atomic E-state index is 12.7. The second-order valence-corrected chi connectivity index (χ2v) is 13.5. The van der Waals surface area contributed by atoms with Crippen molar-refractivity contribution in [3.8, 4) is 10.6 Å². The van der Waals surface area contributed by atoms with Crippen LogP contribution in [0.3, 0.4) is 0 Å². The van der Waals surface area contributed by atoms with Gasteiger partial charge in [0.1, 0.15) is 0 Å². The van der Waals surface area contributed by atoms with Crippen molar-refractivity contribution in [3.05, 3.63) is 40.7 Å². The van der Waals surface area contributed by atoms with Crippen molar-refractivity contribution in [1.29, 1.82) is 0 Å². The number of hydrogen-bond donors (Lipinski definition) is 0. The minimum Gasteiger partial charge on any atom is -1.00 e. The van der Waals surface area contributed by atoms with Crippen molar-refractivity contribution in [2.24, 2.45) is 0 Å². The topological polar surface area (TPSA) is 56.5 Å². The summed E-state index contributed by atoms with van der Waals surface area (Å²) in [6.45, 7) is 10.3. The lowest BCUT2D eigenvalue weighted by Gasteiger charge is -2.24. The number of anilines is 1. The van der Waals surface area contributed by atoms with Gasteiger partial charge >= 0.3 is 0 Å². The van der Waals surface area contributed by atoms with Crippen LogP contribution in [0, 0.1) is 0 Å². The molecule has 4 aliphatic rings. The monoisotopic (exact) mass is 654 g/mol. The molecule has 1 saturated carbocycles. The van der Waals surface area contributed by atoms with E-state index < -0.39 is 10.0 Å². The van der Waals surface area contributed by atoms with E-state index in [-0.39, 0.29) is 29.2 Å². The van der Waals surface area contributed by atoms with Crippen LogP contribution in [-0.2, 0) is 22.9 Å². The summed E-state index contributed by atoms with van der Waals surface area (Å²) in [6, 6.07) is 9.17. The molecule has 2 aliphatic carbocycles. The van der Waals surface area contributed by atoms with Gasteiger partial charge in [0.2, 0.25) is 15.4 Å². The first-order chi connectivity index (χ1) is 17.3. The molecule has 0 spiro atoms. The predicted octanol–water partition coefficient (Wildman–Crippen LogP) is 1.35. The van der Waals surface area contributed by atoms with E-state index >= 15 is 0 Å². The number of unbranched alkanes of at least 4 members (excludes halogenated alkanes) is 1. The molecule has 37 heavy (non-hydrogen) atoms. The zero-order valence-electron chi connectivity index (χ0n) is 22.5. The molecule has 0 N–H and O–H groups in total. The molecule has 2 fully saturated rings. The first kappa shape index (κ1) is 28.7. The molecule has 202 valence electrons. The molecule has 5 rings (SSSR count). The second kappa shape index (κ2) is 11.8. The molecule has 0 unspecified atom stereocenters. The van der Waals surface area contributed by atoms with Gasteiger partial charge in [-0.1, -0.05) is 27.2 Å². The average molecular weight is 655 g/mol. The number of fused-ring (bicyclic) bond motifs is 2. The first-order valence-electron chi connectivity index (χ1n) is 13.5. The van der Waals surface area contributed by atoms with Gasteiger partial charge in [-0.05, 0) is 55.4 Å². The van der Waals surface area contributed by atoms with Crippen molar-refractivity contribution < 1.29 is 32.4 Å². The lowest BCUT2D eigenvalue weighted by Crippen LogP contribution is -3.00. The van der Waals surface area contributed by atoms with Gasteiger partial charge in [0.05, 0.1) is 39.1 Å². The molecule has 0 atom stereocenters. The van der Waals surface area contributed by atoms with Gasteiger partial charge in [0.25, 0.3) is 0 Å². The van der Waals surface area contributed by atoms with Gasteiger partial charge in [0, 0.05) is 31.4 Å². The zero-order valence-corrected chi connectivity index (χ0v) is 26.3. The van der Waals surface area contributed by atoms with Crippen molar-refractivity contribution >= 4 is 37.3 Å². The fourth-order valence-electron chi connectivity index (χ4n) is 5.18. The maximum Gasteiger partial charge on any atom is 0.217 e. The Morgan fingerprint density at radius 3 is 2.38 bits per heavy atom. The number of aromatic nitrogens is 1. The molecule has 6 nitrogen and oxygen atoms in total. The molecule has 1 aromatic carbocycles. The summed E-state index contributed by atoms with van der Waals surface area (Å²) in [4.78, 5) is 8.80. The minimum absolute atomic E-state index is 0. The predicted molar refractivity (Wildman–Crippen MR) is 152 cm³/mol. The molecule has 2 heterocycles. The van der Waals surface area contributed by atoms with Crippen molar-refractivity contribution in [1.82, 2.24) is 13.9 Å².